The van der Waals surface area contributed by atoms with Gasteiger partial charge in [0, 0.05) is 38.1 Å². The fraction of sp³-hybridized carbons (Fsp3) is 0.261. The highest BCUT2D eigenvalue weighted by molar-refractivity contribution is 7.89. The summed E-state index contributed by atoms with van der Waals surface area (Å²) in [4.78, 5) is 5.77. The lowest BCUT2D eigenvalue weighted by Gasteiger charge is -2.17. The molecule has 1 aliphatic heterocycles. The molecule has 0 amide bonds. The van der Waals surface area contributed by atoms with E-state index in [0.717, 1.165) is 28.8 Å². The fourth-order valence-electron chi connectivity index (χ4n) is 3.80. The van der Waals surface area contributed by atoms with Crippen LogP contribution in [-0.4, -0.2) is 37.4 Å². The van der Waals surface area contributed by atoms with Crippen LogP contribution in [0.2, 0.25) is 0 Å². The molecule has 0 unspecified atom stereocenters. The Morgan fingerprint density at radius 2 is 1.69 bits per heavy atom. The van der Waals surface area contributed by atoms with Gasteiger partial charge < -0.3 is 0 Å². The summed E-state index contributed by atoms with van der Waals surface area (Å²) in [5, 5.41) is 0. The average Bonchev–Trinajstić information content (AvgIpc) is 3.20. The largest absolute Gasteiger partial charge is 0.416 e. The predicted molar refractivity (Wildman–Crippen MR) is 115 cm³/mol. The highest BCUT2D eigenvalue weighted by atomic mass is 32.2. The molecule has 0 spiro atoms. The summed E-state index contributed by atoms with van der Waals surface area (Å²) in [6.07, 6.45) is -0.516. The predicted octanol–water partition coefficient (Wildman–Crippen LogP) is 4.32. The fourth-order valence-corrected chi connectivity index (χ4v) is 5.11. The number of rotatable bonds is 6. The van der Waals surface area contributed by atoms with Gasteiger partial charge in [-0.15, -0.1) is 0 Å². The molecule has 1 aromatic heterocycles. The normalized spacial score (nSPS) is 17.5. The van der Waals surface area contributed by atoms with E-state index in [0.29, 0.717) is 32.1 Å². The van der Waals surface area contributed by atoms with Crippen molar-refractivity contribution in [3.8, 4) is 11.1 Å². The van der Waals surface area contributed by atoms with Gasteiger partial charge in [0.05, 0.1) is 10.5 Å². The first-order valence-corrected chi connectivity index (χ1v) is 11.6. The van der Waals surface area contributed by atoms with Crippen molar-refractivity contribution in [2.45, 2.75) is 30.1 Å². The summed E-state index contributed by atoms with van der Waals surface area (Å²) in [5.41, 5.74) is 2.29. The summed E-state index contributed by atoms with van der Waals surface area (Å²) in [6, 6.07) is 15.5. The first kappa shape index (κ1) is 22.4. The Morgan fingerprint density at radius 3 is 2.38 bits per heavy atom. The van der Waals surface area contributed by atoms with E-state index in [1.165, 1.54) is 6.07 Å². The van der Waals surface area contributed by atoms with E-state index in [9.17, 15) is 21.6 Å². The van der Waals surface area contributed by atoms with Crippen molar-refractivity contribution in [2.24, 2.45) is 0 Å². The third-order valence-corrected chi connectivity index (χ3v) is 6.96. The van der Waals surface area contributed by atoms with Gasteiger partial charge in [0.15, 0.2) is 0 Å². The van der Waals surface area contributed by atoms with Gasteiger partial charge in [-0.25, -0.2) is 13.1 Å². The topological polar surface area (TPSA) is 62.3 Å². The van der Waals surface area contributed by atoms with Crippen molar-refractivity contribution in [3.05, 3.63) is 84.2 Å². The van der Waals surface area contributed by atoms with E-state index in [1.807, 2.05) is 36.4 Å². The van der Waals surface area contributed by atoms with Gasteiger partial charge in [0.2, 0.25) is 10.0 Å². The Hall–Kier alpha value is -2.75. The van der Waals surface area contributed by atoms with Gasteiger partial charge in [-0.05, 0) is 53.4 Å². The second kappa shape index (κ2) is 9.01. The van der Waals surface area contributed by atoms with Crippen LogP contribution in [-0.2, 0) is 22.7 Å². The van der Waals surface area contributed by atoms with Crippen LogP contribution < -0.4 is 4.72 Å². The first-order valence-electron chi connectivity index (χ1n) is 10.1. The van der Waals surface area contributed by atoms with Crippen molar-refractivity contribution in [1.29, 1.82) is 0 Å². The number of sulfonamides is 1. The second-order valence-corrected chi connectivity index (χ2v) is 9.51. The van der Waals surface area contributed by atoms with Crippen molar-refractivity contribution < 1.29 is 21.6 Å². The second-order valence-electron chi connectivity index (χ2n) is 7.80. The average molecular weight is 462 g/mol. The zero-order chi connectivity index (χ0) is 22.8. The number of benzene rings is 2. The standard InChI is InChI=1S/C23H22F3N3O2S/c24-23(25,26)20-2-1-3-22(14-20)32(30,31)28-21-10-13-29(16-21)15-17-4-6-18(7-5-17)19-8-11-27-12-9-19/h1-9,11-12,14,21,28H,10,13,15-16H2/t21-/m1/s1. The minimum absolute atomic E-state index is 0.356. The van der Waals surface area contributed by atoms with Crippen LogP contribution in [0.4, 0.5) is 13.2 Å². The first-order chi connectivity index (χ1) is 15.2. The van der Waals surface area contributed by atoms with Crippen LogP contribution in [0.3, 0.4) is 0 Å². The van der Waals surface area contributed by atoms with Gasteiger partial charge in [-0.1, -0.05) is 30.3 Å². The molecule has 1 saturated heterocycles. The molecular weight excluding hydrogens is 439 g/mol. The van der Waals surface area contributed by atoms with Crippen LogP contribution in [0.1, 0.15) is 17.5 Å². The molecule has 5 nitrogen and oxygen atoms in total. The number of pyridine rings is 1. The highest BCUT2D eigenvalue weighted by Gasteiger charge is 2.33. The SMILES string of the molecule is O=S(=O)(N[C@@H]1CCN(Cc2ccc(-c3ccncc3)cc2)C1)c1cccc(C(F)(F)F)c1. The molecule has 0 radical (unpaired) electrons. The van der Waals surface area contributed by atoms with Gasteiger partial charge in [0.25, 0.3) is 0 Å². The maximum atomic E-state index is 12.9. The van der Waals surface area contributed by atoms with Crippen molar-refractivity contribution >= 4 is 10.0 Å². The van der Waals surface area contributed by atoms with E-state index < -0.39 is 21.8 Å². The van der Waals surface area contributed by atoms with Gasteiger partial charge in [-0.2, -0.15) is 13.2 Å². The molecule has 168 valence electrons. The molecule has 0 bridgehead atoms. The monoisotopic (exact) mass is 461 g/mol. The molecule has 0 saturated carbocycles. The lowest BCUT2D eigenvalue weighted by molar-refractivity contribution is -0.137. The zero-order valence-electron chi connectivity index (χ0n) is 17.1. The third kappa shape index (κ3) is 5.35. The summed E-state index contributed by atoms with van der Waals surface area (Å²) >= 11 is 0. The Balaban J connectivity index is 1.37. The van der Waals surface area contributed by atoms with Gasteiger partial charge in [-0.3, -0.25) is 9.88 Å². The minimum Gasteiger partial charge on any atom is -0.297 e. The Kier molecular flexibility index (Phi) is 6.32. The molecule has 2 heterocycles. The van der Waals surface area contributed by atoms with Crippen LogP contribution >= 0.6 is 0 Å². The lowest BCUT2D eigenvalue weighted by atomic mass is 10.1. The zero-order valence-corrected chi connectivity index (χ0v) is 17.9. The van der Waals surface area contributed by atoms with E-state index in [1.54, 1.807) is 12.4 Å². The number of hydrogen-bond donors (Lipinski definition) is 1. The summed E-state index contributed by atoms with van der Waals surface area (Å²) < 4.78 is 66.5. The number of nitrogens with one attached hydrogen (secondary N) is 1. The van der Waals surface area contributed by atoms with E-state index in [-0.39, 0.29) is 10.9 Å². The summed E-state index contributed by atoms with van der Waals surface area (Å²) in [6.45, 7) is 1.85. The number of likely N-dealkylation sites (tertiary alicyclic amines) is 1. The molecule has 32 heavy (non-hydrogen) atoms. The quantitative estimate of drug-likeness (QED) is 0.594. The number of halogens is 3. The molecule has 1 fully saturated rings. The molecule has 1 N–H and O–H groups in total. The molecule has 0 aliphatic carbocycles. The molecule has 1 aliphatic rings. The van der Waals surface area contributed by atoms with E-state index in [2.05, 4.69) is 14.6 Å². The van der Waals surface area contributed by atoms with E-state index in [4.69, 9.17) is 0 Å². The van der Waals surface area contributed by atoms with Crippen molar-refractivity contribution in [3.63, 3.8) is 0 Å². The Morgan fingerprint density at radius 1 is 1.00 bits per heavy atom. The number of aromatic nitrogens is 1. The molecular formula is C23H22F3N3O2S. The van der Waals surface area contributed by atoms with Crippen LogP contribution in [0, 0.1) is 0 Å². The maximum absolute atomic E-state index is 12.9. The van der Waals surface area contributed by atoms with Crippen molar-refractivity contribution in [2.75, 3.05) is 13.1 Å². The van der Waals surface area contributed by atoms with Crippen molar-refractivity contribution in [1.82, 2.24) is 14.6 Å². The molecule has 3 aromatic rings. The molecule has 9 heteroatoms. The molecule has 1 atom stereocenters. The van der Waals surface area contributed by atoms with Crippen LogP contribution in [0.25, 0.3) is 11.1 Å². The van der Waals surface area contributed by atoms with E-state index >= 15 is 0 Å². The summed E-state index contributed by atoms with van der Waals surface area (Å²) in [5.74, 6) is 0. The Bertz CT molecular complexity index is 1170. The minimum atomic E-state index is -4.59. The molecule has 4 rings (SSSR count). The molecule has 2 aromatic carbocycles. The third-order valence-electron chi connectivity index (χ3n) is 5.44. The Labute approximate surface area is 185 Å². The van der Waals surface area contributed by atoms with Crippen LogP contribution in [0.5, 0.6) is 0 Å². The van der Waals surface area contributed by atoms with Gasteiger partial charge in [0.1, 0.15) is 0 Å². The smallest absolute Gasteiger partial charge is 0.297 e. The van der Waals surface area contributed by atoms with Gasteiger partial charge >= 0.3 is 6.18 Å². The number of hydrogen-bond acceptors (Lipinski definition) is 4. The number of nitrogens with zero attached hydrogens (tertiary/aromatic N) is 2. The highest BCUT2D eigenvalue weighted by Crippen LogP contribution is 2.30. The van der Waals surface area contributed by atoms with Crippen LogP contribution in [0.15, 0.2) is 78.0 Å². The summed E-state index contributed by atoms with van der Waals surface area (Å²) in [7, 11) is -4.04. The lowest BCUT2D eigenvalue weighted by Crippen LogP contribution is -2.37. The number of alkyl halides is 3. The maximum Gasteiger partial charge on any atom is 0.416 e.